The van der Waals surface area contributed by atoms with Gasteiger partial charge in [-0.2, -0.15) is 0 Å². The van der Waals surface area contributed by atoms with Crippen LogP contribution in [-0.2, 0) is 0 Å². The summed E-state index contributed by atoms with van der Waals surface area (Å²) in [6, 6.07) is 9.56. The van der Waals surface area contributed by atoms with E-state index in [9.17, 15) is 9.90 Å². The Hall–Kier alpha value is -2.14. The molecule has 5 nitrogen and oxygen atoms in total. The molecule has 1 aromatic carbocycles. The number of hydrogen-bond acceptors (Lipinski definition) is 4. The highest BCUT2D eigenvalue weighted by Gasteiger charge is 2.31. The molecule has 23 heavy (non-hydrogen) atoms. The number of aliphatic hydroxyl groups is 1. The number of rotatable bonds is 3. The van der Waals surface area contributed by atoms with Gasteiger partial charge in [0, 0.05) is 25.3 Å². The summed E-state index contributed by atoms with van der Waals surface area (Å²) in [5.41, 5.74) is 1.46. The third-order valence-corrected chi connectivity index (χ3v) is 4.30. The first kappa shape index (κ1) is 15.7. The molecule has 1 aliphatic rings. The minimum atomic E-state index is -0.137. The van der Waals surface area contributed by atoms with E-state index in [2.05, 4.69) is 11.9 Å². The lowest BCUT2D eigenvalue weighted by Crippen LogP contribution is -2.44. The molecule has 2 aromatic rings. The average molecular weight is 314 g/mol. The Balaban J connectivity index is 1.84. The lowest BCUT2D eigenvalue weighted by molar-refractivity contribution is 0.0504. The molecule has 3 rings (SSSR count). The summed E-state index contributed by atoms with van der Waals surface area (Å²) in [4.78, 5) is 18.9. The fourth-order valence-electron chi connectivity index (χ4n) is 3.22. The standard InChI is InChI=1S/C18H22N2O3/c1-12-8-14(11-21)10-20(9-12)18(22)16-13(2)19-17(23-16)15-6-4-3-5-7-15/h3-7,12,14,21H,8-11H2,1-2H3/t12-,14+/m1/s1. The number of piperidine rings is 1. The predicted molar refractivity (Wildman–Crippen MR) is 86.9 cm³/mol. The minimum absolute atomic E-state index is 0.110. The number of carbonyl (C=O) groups is 1. The van der Waals surface area contributed by atoms with Crippen molar-refractivity contribution in [3.63, 3.8) is 0 Å². The second-order valence-electron chi connectivity index (χ2n) is 6.40. The van der Waals surface area contributed by atoms with Crippen LogP contribution >= 0.6 is 0 Å². The highest BCUT2D eigenvalue weighted by atomic mass is 16.4. The van der Waals surface area contributed by atoms with Crippen LogP contribution in [0.2, 0.25) is 0 Å². The van der Waals surface area contributed by atoms with Crippen LogP contribution < -0.4 is 0 Å². The summed E-state index contributed by atoms with van der Waals surface area (Å²) in [6.45, 7) is 5.26. The maximum Gasteiger partial charge on any atom is 0.291 e. The molecule has 1 saturated heterocycles. The number of hydrogen-bond donors (Lipinski definition) is 1. The Bertz CT molecular complexity index is 681. The molecule has 0 bridgehead atoms. The van der Waals surface area contributed by atoms with Gasteiger partial charge in [0.05, 0.1) is 5.69 Å². The first-order chi connectivity index (χ1) is 11.1. The second-order valence-corrected chi connectivity index (χ2v) is 6.40. The molecule has 1 amide bonds. The maximum atomic E-state index is 12.8. The number of likely N-dealkylation sites (tertiary alicyclic amines) is 1. The normalized spacial score (nSPS) is 21.4. The van der Waals surface area contributed by atoms with Crippen LogP contribution in [-0.4, -0.2) is 40.6 Å². The van der Waals surface area contributed by atoms with Crippen molar-refractivity contribution in [1.29, 1.82) is 0 Å². The van der Waals surface area contributed by atoms with Gasteiger partial charge in [-0.1, -0.05) is 25.1 Å². The van der Waals surface area contributed by atoms with Crippen molar-refractivity contribution in [2.45, 2.75) is 20.3 Å². The average Bonchev–Trinajstić information content (AvgIpc) is 2.96. The number of aryl methyl sites for hydroxylation is 1. The Kier molecular flexibility index (Phi) is 4.48. The number of amides is 1. The van der Waals surface area contributed by atoms with E-state index in [0.717, 1.165) is 12.0 Å². The van der Waals surface area contributed by atoms with Gasteiger partial charge in [-0.05, 0) is 37.3 Å². The van der Waals surface area contributed by atoms with Crippen LogP contribution in [0.15, 0.2) is 34.7 Å². The molecule has 122 valence electrons. The highest BCUT2D eigenvalue weighted by Crippen LogP contribution is 2.26. The summed E-state index contributed by atoms with van der Waals surface area (Å²) >= 11 is 0. The number of benzene rings is 1. The second kappa shape index (κ2) is 6.54. The van der Waals surface area contributed by atoms with E-state index < -0.39 is 0 Å². The third-order valence-electron chi connectivity index (χ3n) is 4.30. The number of nitrogens with zero attached hydrogens (tertiary/aromatic N) is 2. The van der Waals surface area contributed by atoms with Crippen LogP contribution in [0.5, 0.6) is 0 Å². The van der Waals surface area contributed by atoms with Crippen LogP contribution in [0.25, 0.3) is 11.5 Å². The van der Waals surface area contributed by atoms with Crippen LogP contribution in [0.4, 0.5) is 0 Å². The Labute approximate surface area is 135 Å². The first-order valence-corrected chi connectivity index (χ1v) is 8.01. The van der Waals surface area contributed by atoms with E-state index in [1.54, 1.807) is 11.8 Å². The molecule has 2 heterocycles. The van der Waals surface area contributed by atoms with Gasteiger partial charge in [0.2, 0.25) is 11.7 Å². The molecule has 0 spiro atoms. The van der Waals surface area contributed by atoms with Crippen molar-refractivity contribution in [3.8, 4) is 11.5 Å². The fraction of sp³-hybridized carbons (Fsp3) is 0.444. The van der Waals surface area contributed by atoms with Gasteiger partial charge >= 0.3 is 0 Å². The van der Waals surface area contributed by atoms with Crippen molar-refractivity contribution in [2.75, 3.05) is 19.7 Å². The van der Waals surface area contributed by atoms with Crippen molar-refractivity contribution in [3.05, 3.63) is 41.8 Å². The number of aromatic nitrogens is 1. The maximum absolute atomic E-state index is 12.8. The molecule has 0 radical (unpaired) electrons. The van der Waals surface area contributed by atoms with Crippen molar-refractivity contribution in [2.24, 2.45) is 11.8 Å². The van der Waals surface area contributed by atoms with E-state index in [1.165, 1.54) is 0 Å². The van der Waals surface area contributed by atoms with Gasteiger partial charge in [0.1, 0.15) is 0 Å². The summed E-state index contributed by atoms with van der Waals surface area (Å²) in [6.07, 6.45) is 0.949. The molecule has 0 saturated carbocycles. The van der Waals surface area contributed by atoms with Gasteiger partial charge in [-0.3, -0.25) is 4.79 Å². The zero-order chi connectivity index (χ0) is 16.4. The quantitative estimate of drug-likeness (QED) is 0.946. The topological polar surface area (TPSA) is 66.6 Å². The molecular formula is C18H22N2O3. The number of aliphatic hydroxyl groups excluding tert-OH is 1. The Morgan fingerprint density at radius 3 is 2.78 bits per heavy atom. The lowest BCUT2D eigenvalue weighted by Gasteiger charge is -2.35. The summed E-state index contributed by atoms with van der Waals surface area (Å²) in [7, 11) is 0. The highest BCUT2D eigenvalue weighted by molar-refractivity contribution is 5.93. The SMILES string of the molecule is Cc1nc(-c2ccccc2)oc1C(=O)N1C[C@H](C)C[C@H](CO)C1. The zero-order valence-electron chi connectivity index (χ0n) is 13.5. The molecule has 0 aliphatic carbocycles. The minimum Gasteiger partial charge on any atom is -0.431 e. The molecule has 2 atom stereocenters. The van der Waals surface area contributed by atoms with Gasteiger partial charge < -0.3 is 14.4 Å². The van der Waals surface area contributed by atoms with E-state index in [-0.39, 0.29) is 18.4 Å². The molecular weight excluding hydrogens is 292 g/mol. The Morgan fingerprint density at radius 2 is 2.09 bits per heavy atom. The largest absolute Gasteiger partial charge is 0.431 e. The van der Waals surface area contributed by atoms with Crippen LogP contribution in [0, 0.1) is 18.8 Å². The summed E-state index contributed by atoms with van der Waals surface area (Å²) < 4.78 is 5.75. The van der Waals surface area contributed by atoms with Crippen LogP contribution in [0.1, 0.15) is 29.6 Å². The van der Waals surface area contributed by atoms with E-state index in [4.69, 9.17) is 4.42 Å². The van der Waals surface area contributed by atoms with Crippen molar-refractivity contribution in [1.82, 2.24) is 9.88 Å². The zero-order valence-corrected chi connectivity index (χ0v) is 13.5. The number of carbonyl (C=O) groups excluding carboxylic acids is 1. The van der Waals surface area contributed by atoms with Crippen molar-refractivity contribution >= 4 is 5.91 Å². The molecule has 1 fully saturated rings. The van der Waals surface area contributed by atoms with Gasteiger partial charge in [-0.15, -0.1) is 0 Å². The van der Waals surface area contributed by atoms with E-state index >= 15 is 0 Å². The lowest BCUT2D eigenvalue weighted by atomic mass is 9.91. The molecule has 0 unspecified atom stereocenters. The van der Waals surface area contributed by atoms with Gasteiger partial charge in [-0.25, -0.2) is 4.98 Å². The third kappa shape index (κ3) is 3.29. The molecule has 1 N–H and O–H groups in total. The smallest absolute Gasteiger partial charge is 0.291 e. The van der Waals surface area contributed by atoms with Crippen molar-refractivity contribution < 1.29 is 14.3 Å². The Morgan fingerprint density at radius 1 is 1.35 bits per heavy atom. The fourth-order valence-corrected chi connectivity index (χ4v) is 3.22. The van der Waals surface area contributed by atoms with E-state index in [1.807, 2.05) is 30.3 Å². The van der Waals surface area contributed by atoms with Gasteiger partial charge in [0.15, 0.2) is 0 Å². The van der Waals surface area contributed by atoms with Crippen LogP contribution in [0.3, 0.4) is 0 Å². The molecule has 1 aromatic heterocycles. The van der Waals surface area contributed by atoms with E-state index in [0.29, 0.717) is 36.4 Å². The molecule has 5 heteroatoms. The monoisotopic (exact) mass is 314 g/mol. The number of oxazole rings is 1. The summed E-state index contributed by atoms with van der Waals surface area (Å²) in [5.74, 6) is 1.15. The van der Waals surface area contributed by atoms with Gasteiger partial charge in [0.25, 0.3) is 5.91 Å². The predicted octanol–water partition coefficient (Wildman–Crippen LogP) is 2.74. The summed E-state index contributed by atoms with van der Waals surface area (Å²) in [5, 5.41) is 9.41. The first-order valence-electron chi connectivity index (χ1n) is 8.01. The molecule has 1 aliphatic heterocycles.